The predicted molar refractivity (Wildman–Crippen MR) is 56.4 cm³/mol. The molecule has 15 heavy (non-hydrogen) atoms. The maximum atomic E-state index is 11.5. The average Bonchev–Trinajstić information content (AvgIpc) is 2.61. The summed E-state index contributed by atoms with van der Waals surface area (Å²) in [7, 11) is 0. The highest BCUT2D eigenvalue weighted by Crippen LogP contribution is 2.21. The van der Waals surface area contributed by atoms with E-state index in [1.165, 1.54) is 0 Å². The van der Waals surface area contributed by atoms with Crippen molar-refractivity contribution in [2.45, 2.75) is 13.8 Å². The standard InChI is InChI=1S/C10H15N3O2/c1-7-9(8(2)14)10(12-11-7)13-3-5-15-6-4-13/h3-6H2,1-2H3,(H,11,12). The van der Waals surface area contributed by atoms with Gasteiger partial charge in [0, 0.05) is 18.8 Å². The van der Waals surface area contributed by atoms with Gasteiger partial charge in [0.2, 0.25) is 0 Å². The smallest absolute Gasteiger partial charge is 0.165 e. The fraction of sp³-hybridized carbons (Fsp3) is 0.600. The van der Waals surface area contributed by atoms with Crippen molar-refractivity contribution in [2.75, 3.05) is 31.2 Å². The van der Waals surface area contributed by atoms with Gasteiger partial charge in [0.25, 0.3) is 0 Å². The molecule has 0 unspecified atom stereocenters. The number of hydrogen-bond acceptors (Lipinski definition) is 4. The number of carbonyl (C=O) groups is 1. The van der Waals surface area contributed by atoms with Crippen molar-refractivity contribution in [1.82, 2.24) is 10.2 Å². The molecule has 1 aliphatic rings. The molecule has 5 heteroatoms. The van der Waals surface area contributed by atoms with Crippen molar-refractivity contribution in [3.63, 3.8) is 0 Å². The largest absolute Gasteiger partial charge is 0.378 e. The lowest BCUT2D eigenvalue weighted by Gasteiger charge is -2.27. The molecule has 82 valence electrons. The fourth-order valence-electron chi connectivity index (χ4n) is 1.84. The maximum Gasteiger partial charge on any atom is 0.165 e. The Morgan fingerprint density at radius 3 is 2.73 bits per heavy atom. The number of carbonyl (C=O) groups excluding carboxylic acids is 1. The van der Waals surface area contributed by atoms with Crippen LogP contribution in [0.4, 0.5) is 5.82 Å². The molecule has 2 heterocycles. The third-order valence-electron chi connectivity index (χ3n) is 2.59. The highest BCUT2D eigenvalue weighted by molar-refractivity contribution is 6.00. The molecule has 0 spiro atoms. The van der Waals surface area contributed by atoms with Crippen LogP contribution in [0.15, 0.2) is 0 Å². The van der Waals surface area contributed by atoms with Gasteiger partial charge in [-0.25, -0.2) is 0 Å². The van der Waals surface area contributed by atoms with E-state index >= 15 is 0 Å². The summed E-state index contributed by atoms with van der Waals surface area (Å²) < 4.78 is 5.26. The van der Waals surface area contributed by atoms with Crippen molar-refractivity contribution in [3.8, 4) is 0 Å². The molecule has 0 bridgehead atoms. The zero-order valence-corrected chi connectivity index (χ0v) is 9.04. The zero-order valence-electron chi connectivity index (χ0n) is 9.04. The minimum atomic E-state index is 0.0581. The number of nitrogens with one attached hydrogen (secondary N) is 1. The zero-order chi connectivity index (χ0) is 10.8. The minimum Gasteiger partial charge on any atom is -0.378 e. The van der Waals surface area contributed by atoms with Gasteiger partial charge in [-0.2, -0.15) is 5.10 Å². The number of nitrogens with zero attached hydrogens (tertiary/aromatic N) is 2. The highest BCUT2D eigenvalue weighted by Gasteiger charge is 2.21. The third-order valence-corrected chi connectivity index (χ3v) is 2.59. The first-order valence-corrected chi connectivity index (χ1v) is 5.08. The van der Waals surface area contributed by atoms with E-state index in [-0.39, 0.29) is 5.78 Å². The molecule has 1 aromatic rings. The SMILES string of the molecule is CC(=O)c1c(N2CCOCC2)n[nH]c1C. The Morgan fingerprint density at radius 2 is 2.13 bits per heavy atom. The van der Waals surface area contributed by atoms with Crippen molar-refractivity contribution < 1.29 is 9.53 Å². The molecule has 2 rings (SSSR count). The van der Waals surface area contributed by atoms with Crippen LogP contribution in [0.25, 0.3) is 0 Å². The number of ketones is 1. The van der Waals surface area contributed by atoms with Gasteiger partial charge in [0.05, 0.1) is 18.8 Å². The molecule has 0 amide bonds. The van der Waals surface area contributed by atoms with Gasteiger partial charge in [-0.1, -0.05) is 0 Å². The third kappa shape index (κ3) is 1.87. The lowest BCUT2D eigenvalue weighted by molar-refractivity contribution is 0.101. The first-order valence-electron chi connectivity index (χ1n) is 5.08. The Hall–Kier alpha value is -1.36. The lowest BCUT2D eigenvalue weighted by atomic mass is 10.1. The van der Waals surface area contributed by atoms with Crippen molar-refractivity contribution in [2.24, 2.45) is 0 Å². The second-order valence-corrected chi connectivity index (χ2v) is 3.70. The molecule has 1 fully saturated rings. The van der Waals surface area contributed by atoms with E-state index in [4.69, 9.17) is 4.74 Å². The van der Waals surface area contributed by atoms with Crippen LogP contribution in [-0.2, 0) is 4.74 Å². The van der Waals surface area contributed by atoms with Gasteiger partial charge < -0.3 is 9.64 Å². The number of rotatable bonds is 2. The van der Waals surface area contributed by atoms with E-state index < -0.39 is 0 Å². The Morgan fingerprint density at radius 1 is 1.47 bits per heavy atom. The molecule has 0 atom stereocenters. The number of anilines is 1. The van der Waals surface area contributed by atoms with E-state index in [0.717, 1.165) is 24.6 Å². The maximum absolute atomic E-state index is 11.5. The number of aromatic nitrogens is 2. The second-order valence-electron chi connectivity index (χ2n) is 3.70. The van der Waals surface area contributed by atoms with Crippen LogP contribution in [0.1, 0.15) is 23.0 Å². The Kier molecular flexibility index (Phi) is 2.73. The van der Waals surface area contributed by atoms with Crippen LogP contribution < -0.4 is 4.90 Å². The predicted octanol–water partition coefficient (Wildman–Crippen LogP) is 0.757. The quantitative estimate of drug-likeness (QED) is 0.730. The van der Waals surface area contributed by atoms with Crippen molar-refractivity contribution in [1.29, 1.82) is 0 Å². The molecule has 0 aliphatic carbocycles. The average molecular weight is 209 g/mol. The molecule has 0 aromatic carbocycles. The van der Waals surface area contributed by atoms with Crippen LogP contribution in [0.3, 0.4) is 0 Å². The Balaban J connectivity index is 2.30. The molecule has 0 saturated carbocycles. The van der Waals surface area contributed by atoms with E-state index in [2.05, 4.69) is 15.1 Å². The Labute approximate surface area is 88.4 Å². The normalized spacial score (nSPS) is 16.8. The summed E-state index contributed by atoms with van der Waals surface area (Å²) >= 11 is 0. The van der Waals surface area contributed by atoms with E-state index in [0.29, 0.717) is 18.8 Å². The number of Topliss-reactive ketones (excluding diaryl/α,β-unsaturated/α-hetero) is 1. The second kappa shape index (κ2) is 4.02. The fourth-order valence-corrected chi connectivity index (χ4v) is 1.84. The van der Waals surface area contributed by atoms with Gasteiger partial charge in [-0.3, -0.25) is 9.89 Å². The monoisotopic (exact) mass is 209 g/mol. The molecule has 5 nitrogen and oxygen atoms in total. The van der Waals surface area contributed by atoms with Crippen LogP contribution in [0.2, 0.25) is 0 Å². The van der Waals surface area contributed by atoms with Crippen molar-refractivity contribution >= 4 is 11.6 Å². The molecule has 1 N–H and O–H groups in total. The number of morpholine rings is 1. The number of hydrogen-bond donors (Lipinski definition) is 1. The summed E-state index contributed by atoms with van der Waals surface area (Å²) in [5, 5.41) is 7.05. The van der Waals surface area contributed by atoms with Crippen LogP contribution in [-0.4, -0.2) is 42.3 Å². The van der Waals surface area contributed by atoms with E-state index in [9.17, 15) is 4.79 Å². The van der Waals surface area contributed by atoms with E-state index in [1.807, 2.05) is 6.92 Å². The van der Waals surface area contributed by atoms with Gasteiger partial charge in [0.1, 0.15) is 0 Å². The van der Waals surface area contributed by atoms with Gasteiger partial charge in [-0.15, -0.1) is 0 Å². The summed E-state index contributed by atoms with van der Waals surface area (Å²) in [6.45, 7) is 6.43. The number of aromatic amines is 1. The number of ether oxygens (including phenoxy) is 1. The molecule has 1 aromatic heterocycles. The topological polar surface area (TPSA) is 58.2 Å². The molecule has 0 radical (unpaired) electrons. The summed E-state index contributed by atoms with van der Waals surface area (Å²) in [5.41, 5.74) is 1.54. The lowest BCUT2D eigenvalue weighted by Crippen LogP contribution is -2.37. The first kappa shape index (κ1) is 10.2. The molecule has 1 aliphatic heterocycles. The molecular formula is C10H15N3O2. The van der Waals surface area contributed by atoms with E-state index in [1.54, 1.807) is 6.92 Å². The summed E-state index contributed by atoms with van der Waals surface area (Å²) in [5.74, 6) is 0.825. The minimum absolute atomic E-state index is 0.0581. The summed E-state index contributed by atoms with van der Waals surface area (Å²) in [6, 6.07) is 0. The molecule has 1 saturated heterocycles. The molecular weight excluding hydrogens is 194 g/mol. The van der Waals surface area contributed by atoms with Gasteiger partial charge in [-0.05, 0) is 13.8 Å². The number of aryl methyl sites for hydroxylation is 1. The van der Waals surface area contributed by atoms with Crippen LogP contribution in [0, 0.1) is 6.92 Å². The first-order chi connectivity index (χ1) is 7.20. The summed E-state index contributed by atoms with van der Waals surface area (Å²) in [4.78, 5) is 13.6. The van der Waals surface area contributed by atoms with Crippen LogP contribution in [0.5, 0.6) is 0 Å². The highest BCUT2D eigenvalue weighted by atomic mass is 16.5. The van der Waals surface area contributed by atoms with Crippen molar-refractivity contribution in [3.05, 3.63) is 11.3 Å². The van der Waals surface area contributed by atoms with Gasteiger partial charge >= 0.3 is 0 Å². The summed E-state index contributed by atoms with van der Waals surface area (Å²) in [6.07, 6.45) is 0. The number of H-pyrrole nitrogens is 1. The Bertz CT molecular complexity index is 367. The van der Waals surface area contributed by atoms with Gasteiger partial charge in [0.15, 0.2) is 11.6 Å². The van der Waals surface area contributed by atoms with Crippen LogP contribution >= 0.6 is 0 Å².